The number of ether oxygens (including phenoxy) is 3. The van der Waals surface area contributed by atoms with Gasteiger partial charge in [0.2, 0.25) is 6.29 Å². The summed E-state index contributed by atoms with van der Waals surface area (Å²) in [5.41, 5.74) is 0.226. The van der Waals surface area contributed by atoms with E-state index in [-0.39, 0.29) is 11.9 Å². The van der Waals surface area contributed by atoms with Gasteiger partial charge in [-0.05, 0) is 64.2 Å². The maximum absolute atomic E-state index is 13.2. The lowest BCUT2D eigenvalue weighted by atomic mass is 9.69. The Bertz CT molecular complexity index is 674. The summed E-state index contributed by atoms with van der Waals surface area (Å²) < 4.78 is 16.8. The molecular weight excluding hydrogens is 356 g/mol. The van der Waals surface area contributed by atoms with E-state index < -0.39 is 17.3 Å². The van der Waals surface area contributed by atoms with E-state index in [4.69, 9.17) is 14.2 Å². The fraction of sp³-hybridized carbons (Fsp3) is 0.652. The Hall–Kier alpha value is -1.88. The molecule has 1 atom stereocenters. The second kappa shape index (κ2) is 8.64. The number of carbonyl (C=O) groups is 2. The summed E-state index contributed by atoms with van der Waals surface area (Å²) in [6, 6.07) is 7.27. The molecule has 0 aromatic heterocycles. The lowest BCUT2D eigenvalue weighted by Crippen LogP contribution is -2.42. The monoisotopic (exact) mass is 388 g/mol. The highest BCUT2D eigenvalue weighted by Gasteiger charge is 2.43. The maximum atomic E-state index is 13.2. The lowest BCUT2D eigenvalue weighted by molar-refractivity contribution is -0.194. The molecule has 5 heteroatoms. The van der Waals surface area contributed by atoms with Crippen LogP contribution in [0.5, 0.6) is 0 Å². The van der Waals surface area contributed by atoms with Gasteiger partial charge in [-0.15, -0.1) is 0 Å². The van der Waals surface area contributed by atoms with Gasteiger partial charge in [0.05, 0.1) is 17.6 Å². The number of hydrogen-bond donors (Lipinski definition) is 0. The van der Waals surface area contributed by atoms with Crippen molar-refractivity contribution in [3.8, 4) is 0 Å². The molecule has 0 amide bonds. The van der Waals surface area contributed by atoms with E-state index in [1.54, 1.807) is 12.1 Å². The Morgan fingerprint density at radius 1 is 1.00 bits per heavy atom. The van der Waals surface area contributed by atoms with E-state index >= 15 is 0 Å². The Morgan fingerprint density at radius 3 is 2.25 bits per heavy atom. The predicted molar refractivity (Wildman–Crippen MR) is 106 cm³/mol. The van der Waals surface area contributed by atoms with Gasteiger partial charge in [-0.25, -0.2) is 4.79 Å². The molecule has 154 valence electrons. The van der Waals surface area contributed by atoms with Gasteiger partial charge in [0.15, 0.2) is 0 Å². The molecule has 2 aliphatic rings. The minimum absolute atomic E-state index is 0.191. The van der Waals surface area contributed by atoms with E-state index in [1.807, 2.05) is 32.9 Å². The summed E-state index contributed by atoms with van der Waals surface area (Å²) in [5, 5.41) is 0. The van der Waals surface area contributed by atoms with Crippen LogP contribution in [0, 0.1) is 0 Å². The van der Waals surface area contributed by atoms with Crippen molar-refractivity contribution in [2.75, 3.05) is 6.61 Å². The Morgan fingerprint density at radius 2 is 1.68 bits per heavy atom. The largest absolute Gasteiger partial charge is 0.456 e. The normalized spacial score (nSPS) is 22.3. The standard InChI is InChI=1S/C23H32O5/c1-22(2,3)28-20(24)17-10-12-18(13-11-17)23(14-6-4-7-15-23)21(25)27-19-9-5-8-16-26-19/h10-13,19H,4-9,14-16H2,1-3H3. The SMILES string of the molecule is CC(C)(C)OC(=O)c1ccc(C2(C(=O)OC3CCCCO3)CCCCC2)cc1. The topological polar surface area (TPSA) is 61.8 Å². The van der Waals surface area contributed by atoms with Crippen LogP contribution < -0.4 is 0 Å². The molecule has 1 heterocycles. The molecule has 1 saturated heterocycles. The summed E-state index contributed by atoms with van der Waals surface area (Å²) in [7, 11) is 0. The first kappa shape index (κ1) is 20.8. The lowest BCUT2D eigenvalue weighted by Gasteiger charge is -2.37. The van der Waals surface area contributed by atoms with Crippen LogP contribution in [0.1, 0.15) is 88.1 Å². The first-order valence-corrected chi connectivity index (χ1v) is 10.5. The molecule has 0 N–H and O–H groups in total. The summed E-state index contributed by atoms with van der Waals surface area (Å²) in [4.78, 5) is 25.5. The fourth-order valence-corrected chi connectivity index (χ4v) is 4.06. The number of carbonyl (C=O) groups excluding carboxylic acids is 2. The van der Waals surface area contributed by atoms with Crippen molar-refractivity contribution in [2.24, 2.45) is 0 Å². The number of esters is 2. The van der Waals surface area contributed by atoms with Gasteiger partial charge in [-0.2, -0.15) is 0 Å². The summed E-state index contributed by atoms with van der Waals surface area (Å²) in [6.45, 7) is 6.19. The van der Waals surface area contributed by atoms with Gasteiger partial charge in [-0.1, -0.05) is 31.4 Å². The van der Waals surface area contributed by atoms with Crippen molar-refractivity contribution in [2.45, 2.75) is 89.4 Å². The molecule has 5 nitrogen and oxygen atoms in total. The minimum Gasteiger partial charge on any atom is -0.456 e. The van der Waals surface area contributed by atoms with Crippen molar-refractivity contribution in [3.63, 3.8) is 0 Å². The van der Waals surface area contributed by atoms with Crippen LogP contribution in [0.2, 0.25) is 0 Å². The molecule has 2 fully saturated rings. The third kappa shape index (κ3) is 4.93. The summed E-state index contributed by atoms with van der Waals surface area (Å²) in [6.07, 6.45) is 7.03. The third-order valence-electron chi connectivity index (χ3n) is 5.55. The van der Waals surface area contributed by atoms with Gasteiger partial charge in [0.1, 0.15) is 5.60 Å². The van der Waals surface area contributed by atoms with Gasteiger partial charge in [0.25, 0.3) is 0 Å². The van der Waals surface area contributed by atoms with Crippen molar-refractivity contribution in [1.29, 1.82) is 0 Å². The fourth-order valence-electron chi connectivity index (χ4n) is 4.06. The van der Waals surface area contributed by atoms with Crippen molar-refractivity contribution in [3.05, 3.63) is 35.4 Å². The molecular formula is C23H32O5. The Labute approximate surface area is 167 Å². The number of rotatable bonds is 4. The zero-order valence-corrected chi connectivity index (χ0v) is 17.3. The van der Waals surface area contributed by atoms with Crippen LogP contribution in [-0.2, 0) is 24.4 Å². The van der Waals surface area contributed by atoms with E-state index in [0.29, 0.717) is 12.2 Å². The maximum Gasteiger partial charge on any atom is 0.338 e. The van der Waals surface area contributed by atoms with E-state index in [0.717, 1.165) is 56.9 Å². The Balaban J connectivity index is 1.79. The average molecular weight is 389 g/mol. The molecule has 28 heavy (non-hydrogen) atoms. The van der Waals surface area contributed by atoms with Crippen LogP contribution >= 0.6 is 0 Å². The smallest absolute Gasteiger partial charge is 0.338 e. The third-order valence-corrected chi connectivity index (χ3v) is 5.55. The zero-order chi connectivity index (χ0) is 20.2. The van der Waals surface area contributed by atoms with Gasteiger partial charge >= 0.3 is 11.9 Å². The molecule has 1 aliphatic heterocycles. The minimum atomic E-state index is -0.647. The van der Waals surface area contributed by atoms with Crippen LogP contribution in [-0.4, -0.2) is 30.4 Å². The van der Waals surface area contributed by atoms with E-state index in [9.17, 15) is 9.59 Å². The molecule has 0 radical (unpaired) electrons. The van der Waals surface area contributed by atoms with Gasteiger partial charge in [0, 0.05) is 6.42 Å². The quantitative estimate of drug-likeness (QED) is 0.686. The second-order valence-corrected chi connectivity index (χ2v) is 8.92. The van der Waals surface area contributed by atoms with E-state index in [2.05, 4.69) is 0 Å². The number of hydrogen-bond acceptors (Lipinski definition) is 5. The summed E-state index contributed by atoms with van der Waals surface area (Å²) >= 11 is 0. The molecule has 1 aromatic carbocycles. The molecule has 1 unspecified atom stereocenters. The highest BCUT2D eigenvalue weighted by molar-refractivity contribution is 5.90. The molecule has 0 spiro atoms. The molecule has 1 aromatic rings. The van der Waals surface area contributed by atoms with Crippen molar-refractivity contribution >= 4 is 11.9 Å². The van der Waals surface area contributed by atoms with Crippen LogP contribution in [0.25, 0.3) is 0 Å². The van der Waals surface area contributed by atoms with Gasteiger partial charge < -0.3 is 14.2 Å². The van der Waals surface area contributed by atoms with E-state index in [1.165, 1.54) is 0 Å². The van der Waals surface area contributed by atoms with Crippen molar-refractivity contribution in [1.82, 2.24) is 0 Å². The van der Waals surface area contributed by atoms with Crippen LogP contribution in [0.4, 0.5) is 0 Å². The number of benzene rings is 1. The average Bonchev–Trinajstić information content (AvgIpc) is 2.68. The highest BCUT2D eigenvalue weighted by Crippen LogP contribution is 2.41. The van der Waals surface area contributed by atoms with Gasteiger partial charge in [-0.3, -0.25) is 4.79 Å². The molecule has 0 bridgehead atoms. The first-order chi connectivity index (χ1) is 13.3. The van der Waals surface area contributed by atoms with Crippen molar-refractivity contribution < 1.29 is 23.8 Å². The Kier molecular flexibility index (Phi) is 6.43. The molecule has 1 aliphatic carbocycles. The highest BCUT2D eigenvalue weighted by atomic mass is 16.7. The predicted octanol–water partition coefficient (Wildman–Crippen LogP) is 4.91. The summed E-state index contributed by atoms with van der Waals surface area (Å²) in [5.74, 6) is -0.543. The van der Waals surface area contributed by atoms with Crippen LogP contribution in [0.15, 0.2) is 24.3 Å². The molecule has 3 rings (SSSR count). The van der Waals surface area contributed by atoms with Crippen LogP contribution in [0.3, 0.4) is 0 Å². The first-order valence-electron chi connectivity index (χ1n) is 10.5. The molecule has 1 saturated carbocycles. The second-order valence-electron chi connectivity index (χ2n) is 8.92. The zero-order valence-electron chi connectivity index (χ0n) is 17.3.